The van der Waals surface area contributed by atoms with Crippen LogP contribution < -0.4 is 0 Å². The predicted octanol–water partition coefficient (Wildman–Crippen LogP) is 8.19. The molecule has 4 heteroatoms. The highest BCUT2D eigenvalue weighted by atomic mass is 32.1. The van der Waals surface area contributed by atoms with Gasteiger partial charge < -0.3 is 0 Å². The van der Waals surface area contributed by atoms with E-state index >= 15 is 0 Å². The first-order chi connectivity index (χ1) is 11.9. The van der Waals surface area contributed by atoms with Crippen LogP contribution in [0, 0.1) is 13.8 Å². The number of hydrogen-bond acceptors (Lipinski definition) is 4. The number of hydrogen-bond donors (Lipinski definition) is 0. The molecule has 0 saturated heterocycles. The number of fused-ring (bicyclic) bond motifs is 3. The zero-order valence-corrected chi connectivity index (χ0v) is 17.9. The summed E-state index contributed by atoms with van der Waals surface area (Å²) < 4.78 is 0. The monoisotopic (exact) mass is 398 g/mol. The van der Waals surface area contributed by atoms with Gasteiger partial charge in [0.15, 0.2) is 0 Å². The molecule has 126 valence electrons. The highest BCUT2D eigenvalue weighted by molar-refractivity contribution is 7.28. The molecule has 0 aromatic carbocycles. The Labute approximate surface area is 164 Å². The molecule has 0 nitrogen and oxygen atoms in total. The van der Waals surface area contributed by atoms with Gasteiger partial charge in [-0.25, -0.2) is 0 Å². The van der Waals surface area contributed by atoms with E-state index in [1.807, 2.05) is 45.3 Å². The van der Waals surface area contributed by atoms with Crippen LogP contribution in [0.1, 0.15) is 34.7 Å². The average molecular weight is 399 g/mol. The van der Waals surface area contributed by atoms with E-state index in [-0.39, 0.29) is 5.41 Å². The molecular weight excluding hydrogens is 380 g/mol. The molecule has 1 aliphatic rings. The van der Waals surface area contributed by atoms with Gasteiger partial charge >= 0.3 is 0 Å². The second kappa shape index (κ2) is 5.40. The summed E-state index contributed by atoms with van der Waals surface area (Å²) in [5.74, 6) is 0. The fourth-order valence-corrected chi connectivity index (χ4v) is 8.30. The molecule has 0 atom stereocenters. The van der Waals surface area contributed by atoms with Crippen LogP contribution in [0.15, 0.2) is 36.4 Å². The normalized spacial score (nSPS) is 14.7. The van der Waals surface area contributed by atoms with E-state index in [0.29, 0.717) is 0 Å². The van der Waals surface area contributed by atoms with Crippen molar-refractivity contribution in [1.29, 1.82) is 0 Å². The third-order valence-corrected chi connectivity index (χ3v) is 9.80. The van der Waals surface area contributed by atoms with Gasteiger partial charge in [-0.2, -0.15) is 0 Å². The van der Waals surface area contributed by atoms with Gasteiger partial charge in [0.25, 0.3) is 0 Å². The lowest BCUT2D eigenvalue weighted by molar-refractivity contribution is 0.663. The zero-order chi connectivity index (χ0) is 17.3. The van der Waals surface area contributed by atoms with Crippen molar-refractivity contribution in [2.45, 2.75) is 33.1 Å². The van der Waals surface area contributed by atoms with Gasteiger partial charge in [-0.3, -0.25) is 0 Å². The molecule has 4 heterocycles. The number of thiophene rings is 4. The van der Waals surface area contributed by atoms with Gasteiger partial charge in [0.05, 0.1) is 0 Å². The first-order valence-corrected chi connectivity index (χ1v) is 11.6. The summed E-state index contributed by atoms with van der Waals surface area (Å²) in [5.41, 5.74) is 3.16. The smallest absolute Gasteiger partial charge is 0.0493 e. The van der Waals surface area contributed by atoms with E-state index < -0.39 is 0 Å². The van der Waals surface area contributed by atoms with E-state index in [1.165, 1.54) is 50.1 Å². The third kappa shape index (κ3) is 2.35. The Kier molecular flexibility index (Phi) is 3.46. The SMILES string of the molecule is Cc1ccc(-c2ccc(-c3cc4c(s3)-c3sc(C)cc3C4(C)C)s2)s1. The maximum absolute atomic E-state index is 2.44. The maximum Gasteiger partial charge on any atom is 0.0493 e. The second-order valence-electron chi connectivity index (χ2n) is 7.15. The first kappa shape index (κ1) is 16.0. The lowest BCUT2D eigenvalue weighted by atomic mass is 9.84. The standard InChI is InChI=1S/C21H18S4/c1-11-5-6-15(22-11)16-7-8-17(24-16)18-10-14-20(25-18)19-13(21(14,3)4)9-12(2)23-19/h5-10H,1-4H3. The molecule has 0 amide bonds. The third-order valence-electron chi connectivity index (χ3n) is 4.97. The molecule has 0 saturated carbocycles. The molecule has 0 fully saturated rings. The van der Waals surface area contributed by atoms with Crippen molar-refractivity contribution in [2.24, 2.45) is 0 Å². The van der Waals surface area contributed by atoms with Crippen LogP contribution >= 0.6 is 45.3 Å². The summed E-state index contributed by atoms with van der Waals surface area (Å²) in [6, 6.07) is 13.9. The van der Waals surface area contributed by atoms with E-state index in [9.17, 15) is 0 Å². The Morgan fingerprint density at radius 1 is 0.600 bits per heavy atom. The lowest BCUT2D eigenvalue weighted by Crippen LogP contribution is -2.13. The highest BCUT2D eigenvalue weighted by Crippen LogP contribution is 2.57. The molecule has 0 spiro atoms. The summed E-state index contributed by atoms with van der Waals surface area (Å²) >= 11 is 7.72. The molecule has 5 rings (SSSR count). The van der Waals surface area contributed by atoms with Crippen LogP contribution in [-0.4, -0.2) is 0 Å². The topological polar surface area (TPSA) is 0 Å². The molecule has 1 aliphatic carbocycles. The summed E-state index contributed by atoms with van der Waals surface area (Å²) in [6.45, 7) is 9.14. The van der Waals surface area contributed by atoms with Gasteiger partial charge in [-0.15, -0.1) is 45.3 Å². The quantitative estimate of drug-likeness (QED) is 0.319. The Morgan fingerprint density at radius 2 is 1.20 bits per heavy atom. The van der Waals surface area contributed by atoms with E-state index in [1.54, 1.807) is 0 Å². The fourth-order valence-electron chi connectivity index (χ4n) is 3.61. The number of rotatable bonds is 2. The molecule has 25 heavy (non-hydrogen) atoms. The minimum absolute atomic E-state index is 0.134. The molecule has 0 N–H and O–H groups in total. The van der Waals surface area contributed by atoms with Gasteiger partial charge in [0.2, 0.25) is 0 Å². The second-order valence-corrected chi connectivity index (χ2v) is 11.8. The number of aryl methyl sites for hydroxylation is 2. The molecular formula is C21H18S4. The van der Waals surface area contributed by atoms with Crippen LogP contribution in [0.25, 0.3) is 29.3 Å². The van der Waals surface area contributed by atoms with Crippen molar-refractivity contribution in [2.75, 3.05) is 0 Å². The largest absolute Gasteiger partial charge is 0.140 e. The Bertz CT molecular complexity index is 1100. The van der Waals surface area contributed by atoms with Crippen molar-refractivity contribution in [3.05, 3.63) is 57.3 Å². The molecule has 4 aromatic heterocycles. The van der Waals surface area contributed by atoms with Gasteiger partial charge in [-0.05, 0) is 61.4 Å². The maximum atomic E-state index is 2.44. The lowest BCUT2D eigenvalue weighted by Gasteiger charge is -2.18. The molecule has 0 bridgehead atoms. The van der Waals surface area contributed by atoms with Crippen LogP contribution in [0.4, 0.5) is 0 Å². The summed E-state index contributed by atoms with van der Waals surface area (Å²) in [4.78, 5) is 11.4. The minimum atomic E-state index is 0.134. The Balaban J connectivity index is 1.59. The average Bonchev–Trinajstić information content (AvgIpc) is 3.31. The van der Waals surface area contributed by atoms with Gasteiger partial charge in [0.1, 0.15) is 0 Å². The fraction of sp³-hybridized carbons (Fsp3) is 0.238. The highest BCUT2D eigenvalue weighted by Gasteiger charge is 2.39. The van der Waals surface area contributed by atoms with Crippen LogP contribution in [0.3, 0.4) is 0 Å². The molecule has 4 aromatic rings. The van der Waals surface area contributed by atoms with Crippen molar-refractivity contribution < 1.29 is 0 Å². The molecule has 0 radical (unpaired) electrons. The summed E-state index contributed by atoms with van der Waals surface area (Å²) in [7, 11) is 0. The predicted molar refractivity (Wildman–Crippen MR) is 116 cm³/mol. The molecule has 0 aliphatic heterocycles. The van der Waals surface area contributed by atoms with Crippen molar-refractivity contribution in [3.63, 3.8) is 0 Å². The Hall–Kier alpha value is -1.20. The molecule has 0 unspecified atom stereocenters. The zero-order valence-electron chi connectivity index (χ0n) is 14.6. The van der Waals surface area contributed by atoms with Gasteiger partial charge in [0, 0.05) is 44.4 Å². The van der Waals surface area contributed by atoms with Crippen molar-refractivity contribution >= 4 is 45.3 Å². The minimum Gasteiger partial charge on any atom is -0.140 e. The van der Waals surface area contributed by atoms with E-state index in [4.69, 9.17) is 0 Å². The Morgan fingerprint density at radius 3 is 1.92 bits per heavy atom. The summed E-state index contributed by atoms with van der Waals surface area (Å²) in [5, 5.41) is 0. The van der Waals surface area contributed by atoms with Crippen LogP contribution in [-0.2, 0) is 5.41 Å². The van der Waals surface area contributed by atoms with Crippen molar-refractivity contribution in [1.82, 2.24) is 0 Å². The van der Waals surface area contributed by atoms with Gasteiger partial charge in [-0.1, -0.05) is 13.8 Å². The van der Waals surface area contributed by atoms with E-state index in [2.05, 4.69) is 64.1 Å². The van der Waals surface area contributed by atoms with Crippen LogP contribution in [0.5, 0.6) is 0 Å². The van der Waals surface area contributed by atoms with Crippen LogP contribution in [0.2, 0.25) is 0 Å². The first-order valence-electron chi connectivity index (χ1n) is 8.36. The van der Waals surface area contributed by atoms with Crippen molar-refractivity contribution in [3.8, 4) is 29.3 Å². The summed E-state index contributed by atoms with van der Waals surface area (Å²) in [6.07, 6.45) is 0. The van der Waals surface area contributed by atoms with E-state index in [0.717, 1.165) is 0 Å².